The normalized spacial score (nSPS) is 7.44. The number of carboxylic acids is 2. The van der Waals surface area contributed by atoms with Gasteiger partial charge in [-0.15, -0.1) is 0 Å². The van der Waals surface area contributed by atoms with Crippen molar-refractivity contribution in [2.75, 3.05) is 0 Å². The van der Waals surface area contributed by atoms with Gasteiger partial charge in [-0.25, -0.2) is 9.59 Å². The number of benzene rings is 2. The fraction of sp³-hybridized carbons (Fsp3) is 0. The second-order valence-electron chi connectivity index (χ2n) is 3.63. The number of aromatic carboxylic acids is 2. The molecule has 0 spiro atoms. The number of halogens is 2. The van der Waals surface area contributed by atoms with Crippen LogP contribution in [0.4, 0.5) is 0 Å². The molecule has 0 radical (unpaired) electrons. The summed E-state index contributed by atoms with van der Waals surface area (Å²) >= 11 is 11.1. The van der Waals surface area contributed by atoms with Gasteiger partial charge in [-0.05, 0) is 36.4 Å². The fourth-order valence-electron chi connectivity index (χ4n) is 1.24. The predicted molar refractivity (Wildman–Crippen MR) is 96.3 cm³/mol. The molecule has 0 unspecified atom stereocenters. The van der Waals surface area contributed by atoms with Crippen molar-refractivity contribution in [1.82, 2.24) is 0 Å². The Balaban J connectivity index is -0.0000000889. The van der Waals surface area contributed by atoms with E-state index in [4.69, 9.17) is 33.4 Å². The summed E-state index contributed by atoms with van der Waals surface area (Å²) in [6, 6.07) is 12.3. The molecule has 14 N–H and O–H groups in total. The minimum atomic E-state index is -0.956. The molecule has 0 aliphatic carbocycles. The first-order valence-electron chi connectivity index (χ1n) is 5.38. The summed E-state index contributed by atoms with van der Waals surface area (Å²) in [7, 11) is 0. The molecule has 0 aliphatic heterocycles. The summed E-state index contributed by atoms with van der Waals surface area (Å²) in [5.41, 5.74) is 0.431. The van der Waals surface area contributed by atoms with Crippen molar-refractivity contribution in [3.63, 3.8) is 0 Å². The van der Waals surface area contributed by atoms with Crippen LogP contribution in [-0.4, -0.2) is 22.2 Å². The summed E-state index contributed by atoms with van der Waals surface area (Å²) in [4.78, 5) is 20.6. The van der Waals surface area contributed by atoms with E-state index in [1.165, 1.54) is 24.3 Å². The van der Waals surface area contributed by atoms with Gasteiger partial charge in [0.2, 0.25) is 0 Å². The van der Waals surface area contributed by atoms with Gasteiger partial charge in [-0.3, -0.25) is 0 Å². The zero-order valence-electron chi connectivity index (χ0n) is 12.7. The number of rotatable bonds is 2. The van der Waals surface area contributed by atoms with E-state index in [0.717, 1.165) is 0 Å². The Hall–Kier alpha value is -1.71. The molecule has 0 aromatic heterocycles. The van der Waals surface area contributed by atoms with E-state index in [2.05, 4.69) is 0 Å². The monoisotopic (exact) mass is 446 g/mol. The molecule has 0 heterocycles. The van der Waals surface area contributed by atoms with E-state index in [-0.39, 0.29) is 49.5 Å². The van der Waals surface area contributed by atoms with Gasteiger partial charge in [0, 0.05) is 26.5 Å². The number of carboxylic acid groups (broad SMARTS) is 2. The first-order valence-corrected chi connectivity index (χ1v) is 6.13. The Labute approximate surface area is 163 Å². The van der Waals surface area contributed by atoms with Crippen molar-refractivity contribution in [1.29, 1.82) is 0 Å². The molecule has 0 saturated carbocycles. The zero-order valence-corrected chi connectivity index (χ0v) is 15.2. The second kappa shape index (κ2) is 17.1. The van der Waals surface area contributed by atoms with Crippen LogP contribution in [0.3, 0.4) is 0 Å². The van der Waals surface area contributed by atoms with Crippen LogP contribution in [0.2, 0.25) is 10.0 Å². The molecule has 0 aliphatic rings. The largest absolute Gasteiger partial charge is 0.478 e. The average Bonchev–Trinajstić information content (AvgIpc) is 2.39. The number of hydrogen-bond donors (Lipinski definition) is 2. The third-order valence-electron chi connectivity index (χ3n) is 2.14. The van der Waals surface area contributed by atoms with Gasteiger partial charge < -0.3 is 32.1 Å². The van der Waals surface area contributed by atoms with Gasteiger partial charge in [0.25, 0.3) is 0 Å². The van der Waals surface area contributed by atoms with Crippen LogP contribution in [-0.2, 0) is 38.4 Å². The van der Waals surface area contributed by atoms with Crippen molar-refractivity contribution in [2.45, 2.75) is 0 Å². The molecule has 11 heteroatoms. The van der Waals surface area contributed by atoms with Crippen molar-refractivity contribution in [3.8, 4) is 0 Å². The van der Waals surface area contributed by atoms with Crippen molar-refractivity contribution in [2.24, 2.45) is 0 Å². The van der Waals surface area contributed by atoms with Crippen molar-refractivity contribution >= 4 is 35.1 Å². The maximum absolute atomic E-state index is 10.3. The number of carbonyl (C=O) groups is 2. The van der Waals surface area contributed by atoms with Crippen LogP contribution < -0.4 is 0 Å². The maximum atomic E-state index is 10.3. The molecule has 0 saturated heterocycles. The molecule has 2 aromatic rings. The first kappa shape index (κ1) is 34.6. The average molecular weight is 448 g/mol. The smallest absolute Gasteiger partial charge is 0.335 e. The Morgan fingerprint density at radius 3 is 1.12 bits per heavy atom. The topological polar surface area (TPSA) is 207 Å². The molecule has 8 nitrogen and oxygen atoms in total. The third kappa shape index (κ3) is 13.3. The van der Waals surface area contributed by atoms with E-state index in [1.807, 2.05) is 0 Å². The number of hydrogen-bond acceptors (Lipinski definition) is 2. The third-order valence-corrected chi connectivity index (χ3v) is 2.61. The Kier molecular flexibility index (Phi) is 23.7. The molecule has 146 valence electrons. The molecule has 0 fully saturated rings. The van der Waals surface area contributed by atoms with E-state index in [1.54, 1.807) is 24.3 Å². The molecule has 2 aromatic carbocycles. The predicted octanol–water partition coefficient (Wildman–Crippen LogP) is 0.386. The standard InChI is InChI=1S/2C7H5ClO2.Ni.4H2O/c2*8-6-3-1-2-5(4-6)7(9)10;;;;;/h2*1-4H,(H,9,10);;4*1H2/p+4. The van der Waals surface area contributed by atoms with Gasteiger partial charge in [-0.1, -0.05) is 35.3 Å². The van der Waals surface area contributed by atoms with Crippen LogP contribution in [0.25, 0.3) is 0 Å². The summed E-state index contributed by atoms with van der Waals surface area (Å²) in [6.07, 6.45) is 0. The summed E-state index contributed by atoms with van der Waals surface area (Å²) in [5, 5.41) is 17.8. The fourth-order valence-corrected chi connectivity index (χ4v) is 1.62. The van der Waals surface area contributed by atoms with Crippen LogP contribution in [0.15, 0.2) is 48.5 Å². The Bertz CT molecular complexity index is 584. The molecule has 0 amide bonds. The minimum absolute atomic E-state index is 0. The second-order valence-corrected chi connectivity index (χ2v) is 4.50. The van der Waals surface area contributed by atoms with Crippen molar-refractivity contribution in [3.05, 3.63) is 69.7 Å². The van der Waals surface area contributed by atoms with Crippen LogP contribution in [0.1, 0.15) is 20.7 Å². The summed E-state index contributed by atoms with van der Waals surface area (Å²) in [5.74, 6) is -1.91. The van der Waals surface area contributed by atoms with E-state index < -0.39 is 11.9 Å². The van der Waals surface area contributed by atoms with Gasteiger partial charge in [0.05, 0.1) is 11.1 Å². The van der Waals surface area contributed by atoms with Gasteiger partial charge >= 0.3 is 11.9 Å². The van der Waals surface area contributed by atoms with Crippen molar-refractivity contribution < 1.29 is 58.2 Å². The molecule has 25 heavy (non-hydrogen) atoms. The van der Waals surface area contributed by atoms with Gasteiger partial charge in [-0.2, -0.15) is 0 Å². The Morgan fingerprint density at radius 1 is 0.680 bits per heavy atom. The van der Waals surface area contributed by atoms with Crippen LogP contribution in [0.5, 0.6) is 0 Å². The summed E-state index contributed by atoms with van der Waals surface area (Å²) in [6.45, 7) is 0. The van der Waals surface area contributed by atoms with Crippen LogP contribution in [0, 0.1) is 0 Å². The van der Waals surface area contributed by atoms with E-state index in [9.17, 15) is 9.59 Å². The quantitative estimate of drug-likeness (QED) is 0.494. The first-order chi connectivity index (χ1) is 9.40. The summed E-state index contributed by atoms with van der Waals surface area (Å²) < 4.78 is 0. The van der Waals surface area contributed by atoms with Gasteiger partial charge in [0.15, 0.2) is 0 Å². The molecular formula is C14H22Cl2NiO8+4. The van der Waals surface area contributed by atoms with E-state index >= 15 is 0 Å². The molecule has 2 rings (SSSR count). The van der Waals surface area contributed by atoms with E-state index in [0.29, 0.717) is 10.0 Å². The maximum Gasteiger partial charge on any atom is 0.335 e. The SMILES string of the molecule is O=C(O)c1cccc(Cl)c1.O=C(O)c1cccc(Cl)c1.[Ni].[OH3+].[OH3+].[OH3+].[OH3+]. The van der Waals surface area contributed by atoms with Crippen LogP contribution >= 0.6 is 23.2 Å². The Morgan fingerprint density at radius 2 is 0.960 bits per heavy atom. The van der Waals surface area contributed by atoms with Gasteiger partial charge in [0.1, 0.15) is 0 Å². The minimum Gasteiger partial charge on any atom is -0.478 e. The molecule has 0 bridgehead atoms. The molecular weight excluding hydrogens is 426 g/mol. The zero-order chi connectivity index (χ0) is 15.1. The molecule has 0 atom stereocenters.